The average Bonchev–Trinajstić information content (AvgIpc) is 2.45. The van der Waals surface area contributed by atoms with Crippen LogP contribution in [0.1, 0.15) is 11.0 Å². The van der Waals surface area contributed by atoms with Crippen molar-refractivity contribution in [3.8, 4) is 5.75 Å². The van der Waals surface area contributed by atoms with E-state index in [2.05, 4.69) is 4.99 Å². The minimum Gasteiger partial charge on any atom is -0.508 e. The van der Waals surface area contributed by atoms with Crippen molar-refractivity contribution in [1.29, 1.82) is 0 Å². The Morgan fingerprint density at radius 3 is 2.38 bits per heavy atom. The number of hydrogen-bond acceptors (Lipinski definition) is 2. The van der Waals surface area contributed by atoms with Gasteiger partial charge in [0, 0.05) is 6.21 Å². The van der Waals surface area contributed by atoms with Crippen LogP contribution < -0.4 is 0 Å². The van der Waals surface area contributed by atoms with Gasteiger partial charge in [0.1, 0.15) is 11.6 Å². The number of phenols is 1. The summed E-state index contributed by atoms with van der Waals surface area (Å²) < 4.78 is 43.2. The van der Waals surface area contributed by atoms with Gasteiger partial charge >= 0.3 is 0 Å². The van der Waals surface area contributed by atoms with E-state index >= 15 is 0 Å². The highest BCUT2D eigenvalue weighted by Gasteiger charge is 1.91. The highest BCUT2D eigenvalue weighted by atomic mass is 19.1. The monoisotopic (exact) mass is 219 g/mol. The molecule has 0 aliphatic rings. The first-order chi connectivity index (χ1) is 9.41. The standard InChI is InChI=1S/C13H10FNO/c14-11-3-5-12(6-4-11)15-9-10-1-7-13(16)8-2-10/h1-9,16H/i3D,4D,5D,6D. The minimum atomic E-state index is -1.19. The van der Waals surface area contributed by atoms with E-state index in [0.717, 1.165) is 0 Å². The molecule has 0 saturated carbocycles. The molecular formula is C13H10FNO. The third-order valence-corrected chi connectivity index (χ3v) is 1.82. The van der Waals surface area contributed by atoms with Crippen molar-refractivity contribution in [2.24, 2.45) is 4.99 Å². The van der Waals surface area contributed by atoms with Gasteiger partial charge in [-0.25, -0.2) is 4.39 Å². The van der Waals surface area contributed by atoms with Crippen LogP contribution in [0, 0.1) is 5.82 Å². The topological polar surface area (TPSA) is 32.6 Å². The van der Waals surface area contributed by atoms with Gasteiger partial charge in [0.25, 0.3) is 0 Å². The Morgan fingerprint density at radius 2 is 1.75 bits per heavy atom. The molecule has 3 heteroatoms. The predicted molar refractivity (Wildman–Crippen MR) is 61.8 cm³/mol. The Morgan fingerprint density at radius 1 is 1.12 bits per heavy atom. The van der Waals surface area contributed by atoms with Gasteiger partial charge in [-0.1, -0.05) is 0 Å². The van der Waals surface area contributed by atoms with Crippen LogP contribution in [0.25, 0.3) is 0 Å². The van der Waals surface area contributed by atoms with E-state index in [-0.39, 0.29) is 11.4 Å². The van der Waals surface area contributed by atoms with E-state index in [1.54, 1.807) is 12.1 Å². The molecule has 0 saturated heterocycles. The molecule has 2 nitrogen and oxygen atoms in total. The summed E-state index contributed by atoms with van der Waals surface area (Å²) in [4.78, 5) is 3.88. The van der Waals surface area contributed by atoms with E-state index in [1.165, 1.54) is 18.3 Å². The zero-order valence-electron chi connectivity index (χ0n) is 12.2. The number of rotatable bonds is 2. The Hall–Kier alpha value is -2.16. The van der Waals surface area contributed by atoms with Crippen molar-refractivity contribution in [2.75, 3.05) is 0 Å². The Kier molecular flexibility index (Phi) is 1.84. The number of aliphatic imine (C=N–C) groups is 1. The van der Waals surface area contributed by atoms with Gasteiger partial charge in [0.05, 0.1) is 11.2 Å². The van der Waals surface area contributed by atoms with Crippen LogP contribution in [-0.4, -0.2) is 11.3 Å². The summed E-state index contributed by atoms with van der Waals surface area (Å²) in [6.45, 7) is 0. The lowest BCUT2D eigenvalue weighted by Crippen LogP contribution is -1.79. The molecule has 2 rings (SSSR count). The molecule has 0 radical (unpaired) electrons. The van der Waals surface area contributed by atoms with Crippen molar-refractivity contribution in [3.63, 3.8) is 0 Å². The van der Waals surface area contributed by atoms with E-state index in [1.807, 2.05) is 0 Å². The second-order valence-electron chi connectivity index (χ2n) is 3.01. The van der Waals surface area contributed by atoms with E-state index < -0.39 is 30.0 Å². The fourth-order valence-corrected chi connectivity index (χ4v) is 1.05. The molecular weight excluding hydrogens is 205 g/mol. The molecule has 0 heterocycles. The summed E-state index contributed by atoms with van der Waals surface area (Å²) in [6, 6.07) is 3.48. The molecule has 0 spiro atoms. The Balaban J connectivity index is 2.46. The van der Waals surface area contributed by atoms with E-state index in [0.29, 0.717) is 5.56 Å². The summed E-state index contributed by atoms with van der Waals surface area (Å²) in [5, 5.41) is 9.14. The third kappa shape index (κ3) is 2.67. The first-order valence-electron chi connectivity index (χ1n) is 6.50. The molecule has 0 fully saturated rings. The molecule has 0 unspecified atom stereocenters. The maximum absolute atomic E-state index is 13.3. The van der Waals surface area contributed by atoms with Gasteiger partial charge in [-0.15, -0.1) is 0 Å². The fraction of sp³-hybridized carbons (Fsp3) is 0. The summed E-state index contributed by atoms with van der Waals surface area (Å²) in [6.07, 6.45) is 1.32. The van der Waals surface area contributed by atoms with Crippen LogP contribution in [0.5, 0.6) is 5.75 Å². The second-order valence-corrected chi connectivity index (χ2v) is 3.01. The number of phenolic OH excluding ortho intramolecular Hbond substituents is 1. The summed E-state index contributed by atoms with van der Waals surface area (Å²) in [5.41, 5.74) is 0.374. The SMILES string of the molecule is [2H]c1c([2H])c(N=Cc2ccc(O)cc2)c([2H])c([2H])c1F. The summed E-state index contributed by atoms with van der Waals surface area (Å²) >= 11 is 0. The quantitative estimate of drug-likeness (QED) is 0.772. The first-order valence-corrected chi connectivity index (χ1v) is 4.50. The number of nitrogens with zero attached hydrogens (tertiary/aromatic N) is 1. The van der Waals surface area contributed by atoms with E-state index in [4.69, 9.17) is 10.6 Å². The van der Waals surface area contributed by atoms with Crippen molar-refractivity contribution < 1.29 is 15.0 Å². The molecule has 1 N–H and O–H groups in total. The average molecular weight is 219 g/mol. The Labute approximate surface area is 98.3 Å². The van der Waals surface area contributed by atoms with Gasteiger partial charge in [-0.2, -0.15) is 0 Å². The van der Waals surface area contributed by atoms with Gasteiger partial charge in [-0.05, 0) is 54.0 Å². The largest absolute Gasteiger partial charge is 0.508 e. The van der Waals surface area contributed by atoms with Crippen molar-refractivity contribution in [1.82, 2.24) is 0 Å². The van der Waals surface area contributed by atoms with Crippen LogP contribution in [-0.2, 0) is 0 Å². The predicted octanol–water partition coefficient (Wildman–Crippen LogP) is 3.28. The smallest absolute Gasteiger partial charge is 0.123 e. The van der Waals surface area contributed by atoms with Crippen LogP contribution >= 0.6 is 0 Å². The maximum Gasteiger partial charge on any atom is 0.123 e. The lowest BCUT2D eigenvalue weighted by molar-refractivity contribution is 0.475. The highest BCUT2D eigenvalue weighted by Crippen LogP contribution is 2.13. The molecule has 0 aliphatic heterocycles. The Bertz CT molecular complexity index is 657. The molecule has 2 aromatic rings. The van der Waals surface area contributed by atoms with Crippen LogP contribution in [0.4, 0.5) is 10.1 Å². The second kappa shape index (κ2) is 4.57. The van der Waals surface area contributed by atoms with Crippen molar-refractivity contribution in [2.45, 2.75) is 0 Å². The molecule has 0 bridgehead atoms. The molecule has 0 aliphatic carbocycles. The molecule has 16 heavy (non-hydrogen) atoms. The molecule has 80 valence electrons. The van der Waals surface area contributed by atoms with Gasteiger partial charge in [0.15, 0.2) is 0 Å². The van der Waals surface area contributed by atoms with Crippen LogP contribution in [0.3, 0.4) is 0 Å². The number of hydrogen-bond donors (Lipinski definition) is 1. The number of halogens is 1. The summed E-state index contributed by atoms with van der Waals surface area (Å²) in [5.74, 6) is -1.10. The maximum atomic E-state index is 13.3. The van der Waals surface area contributed by atoms with E-state index in [9.17, 15) is 4.39 Å². The normalized spacial score (nSPS) is 14.3. The molecule has 2 aromatic carbocycles. The van der Waals surface area contributed by atoms with Crippen molar-refractivity contribution in [3.05, 3.63) is 59.8 Å². The van der Waals surface area contributed by atoms with Crippen molar-refractivity contribution >= 4 is 11.9 Å². The van der Waals surface area contributed by atoms with Crippen LogP contribution in [0.15, 0.2) is 53.4 Å². The van der Waals surface area contributed by atoms with Gasteiger partial charge in [-0.3, -0.25) is 4.99 Å². The lowest BCUT2D eigenvalue weighted by Gasteiger charge is -1.95. The van der Waals surface area contributed by atoms with Gasteiger partial charge in [0.2, 0.25) is 0 Å². The lowest BCUT2D eigenvalue weighted by atomic mass is 10.2. The molecule has 0 aromatic heterocycles. The number of benzene rings is 2. The van der Waals surface area contributed by atoms with Crippen LogP contribution in [0.2, 0.25) is 0 Å². The fourth-order valence-electron chi connectivity index (χ4n) is 1.05. The zero-order chi connectivity index (χ0) is 14.9. The molecule has 0 atom stereocenters. The minimum absolute atomic E-state index is 0.0909. The number of aromatic hydroxyl groups is 1. The molecule has 0 amide bonds. The highest BCUT2D eigenvalue weighted by molar-refractivity contribution is 5.82. The first kappa shape index (κ1) is 6.43. The van der Waals surface area contributed by atoms with Gasteiger partial charge < -0.3 is 5.11 Å². The summed E-state index contributed by atoms with van der Waals surface area (Å²) in [7, 11) is 0. The zero-order valence-corrected chi connectivity index (χ0v) is 8.16. The third-order valence-electron chi connectivity index (χ3n) is 1.82.